The molecule has 4 atom stereocenters. The number of aliphatic hydroxyl groups is 4. The van der Waals surface area contributed by atoms with Crippen LogP contribution in [0.25, 0.3) is 0 Å². The summed E-state index contributed by atoms with van der Waals surface area (Å²) >= 11 is 0. The Morgan fingerprint density at radius 3 is 1.07 bits per heavy atom. The van der Waals surface area contributed by atoms with Gasteiger partial charge in [0.2, 0.25) is 0 Å². The molecule has 0 unspecified atom stereocenters. The number of aliphatic carboxylic acids is 2. The van der Waals surface area contributed by atoms with Gasteiger partial charge < -0.3 is 30.6 Å². The van der Waals surface area contributed by atoms with Crippen LogP contribution in [0.5, 0.6) is 0 Å². The standard InChI is InChI=1S/C6H10O8.Na.H/c7-1(3(9)5(11)12)2(8)4(10)6(13)14;;/h1-4,7-10H,(H,11,12)(H,13,14);;/t1-,2+,3+,4-;;. The van der Waals surface area contributed by atoms with E-state index in [4.69, 9.17) is 30.6 Å². The molecule has 0 aliphatic heterocycles. The van der Waals surface area contributed by atoms with Gasteiger partial charge in [-0.3, -0.25) is 0 Å². The molecule has 0 aliphatic carbocycles. The molecule has 0 radical (unpaired) electrons. The molecule has 8 nitrogen and oxygen atoms in total. The number of hydrogen-bond donors (Lipinski definition) is 6. The first-order chi connectivity index (χ1) is 6.29. The normalized spacial score (nSPS) is 18.1. The number of rotatable bonds is 5. The van der Waals surface area contributed by atoms with Gasteiger partial charge in [-0.05, 0) is 0 Å². The Morgan fingerprint density at radius 2 is 0.933 bits per heavy atom. The van der Waals surface area contributed by atoms with Gasteiger partial charge in [0.15, 0.2) is 12.2 Å². The minimum absolute atomic E-state index is 0. The van der Waals surface area contributed by atoms with E-state index < -0.39 is 36.4 Å². The summed E-state index contributed by atoms with van der Waals surface area (Å²) in [6, 6.07) is 0. The summed E-state index contributed by atoms with van der Waals surface area (Å²) in [6.07, 6.45) is -9.28. The van der Waals surface area contributed by atoms with Crippen LogP contribution in [-0.4, -0.2) is 96.6 Å². The first kappa shape index (κ1) is 17.2. The zero-order chi connectivity index (χ0) is 11.5. The quantitative estimate of drug-likeness (QED) is 0.262. The molecule has 0 aromatic heterocycles. The van der Waals surface area contributed by atoms with Crippen molar-refractivity contribution in [1.82, 2.24) is 0 Å². The van der Waals surface area contributed by atoms with Gasteiger partial charge in [-0.15, -0.1) is 0 Å². The molecule has 0 fully saturated rings. The third kappa shape index (κ3) is 4.89. The maximum absolute atomic E-state index is 10.1. The Morgan fingerprint density at radius 1 is 0.733 bits per heavy atom. The van der Waals surface area contributed by atoms with E-state index in [1.807, 2.05) is 0 Å². The van der Waals surface area contributed by atoms with Crippen LogP contribution in [0.1, 0.15) is 0 Å². The number of carboxylic acid groups (broad SMARTS) is 2. The summed E-state index contributed by atoms with van der Waals surface area (Å²) in [5.41, 5.74) is 0. The van der Waals surface area contributed by atoms with E-state index in [0.29, 0.717) is 0 Å². The molecule has 84 valence electrons. The topological polar surface area (TPSA) is 156 Å². The molecule has 0 heterocycles. The van der Waals surface area contributed by atoms with E-state index in [1.165, 1.54) is 0 Å². The van der Waals surface area contributed by atoms with E-state index in [1.54, 1.807) is 0 Å². The zero-order valence-corrected chi connectivity index (χ0v) is 6.81. The fraction of sp³-hybridized carbons (Fsp3) is 0.667. The first-order valence-corrected chi connectivity index (χ1v) is 3.47. The minimum atomic E-state index is -2.36. The van der Waals surface area contributed by atoms with Crippen LogP contribution in [0.2, 0.25) is 0 Å². The molecule has 0 bridgehead atoms. The molecular formula is C6H11NaO8. The molecule has 0 saturated heterocycles. The number of hydrogen-bond acceptors (Lipinski definition) is 6. The van der Waals surface area contributed by atoms with Crippen LogP contribution in [0.3, 0.4) is 0 Å². The summed E-state index contributed by atoms with van der Waals surface area (Å²) in [5, 5.41) is 51.5. The van der Waals surface area contributed by atoms with Crippen molar-refractivity contribution in [2.24, 2.45) is 0 Å². The van der Waals surface area contributed by atoms with E-state index in [0.717, 1.165) is 0 Å². The second kappa shape index (κ2) is 7.12. The van der Waals surface area contributed by atoms with E-state index in [-0.39, 0.29) is 29.6 Å². The molecule has 0 rings (SSSR count). The maximum atomic E-state index is 10.1. The van der Waals surface area contributed by atoms with Crippen molar-refractivity contribution in [1.29, 1.82) is 0 Å². The van der Waals surface area contributed by atoms with Crippen molar-refractivity contribution in [2.75, 3.05) is 0 Å². The summed E-state index contributed by atoms with van der Waals surface area (Å²) in [4.78, 5) is 20.2. The molecule has 0 saturated carbocycles. The van der Waals surface area contributed by atoms with Crippen molar-refractivity contribution in [3.63, 3.8) is 0 Å². The summed E-state index contributed by atoms with van der Waals surface area (Å²) in [5.74, 6) is -3.68. The van der Waals surface area contributed by atoms with Crippen molar-refractivity contribution < 1.29 is 40.2 Å². The fourth-order valence-electron chi connectivity index (χ4n) is 0.666. The Bertz CT molecular complexity index is 207. The molecule has 0 aliphatic rings. The van der Waals surface area contributed by atoms with Crippen LogP contribution in [-0.2, 0) is 9.59 Å². The molecule has 0 amide bonds. The molecule has 6 N–H and O–H groups in total. The van der Waals surface area contributed by atoms with Crippen molar-refractivity contribution in [2.45, 2.75) is 24.4 Å². The zero-order valence-electron chi connectivity index (χ0n) is 6.81. The number of carbonyl (C=O) groups is 2. The van der Waals surface area contributed by atoms with Crippen LogP contribution >= 0.6 is 0 Å². The van der Waals surface area contributed by atoms with Gasteiger partial charge >= 0.3 is 41.5 Å². The Balaban J connectivity index is 0. The van der Waals surface area contributed by atoms with Crippen molar-refractivity contribution >= 4 is 41.5 Å². The number of aliphatic hydroxyl groups excluding tert-OH is 4. The molecular weight excluding hydrogens is 223 g/mol. The van der Waals surface area contributed by atoms with E-state index >= 15 is 0 Å². The van der Waals surface area contributed by atoms with Crippen LogP contribution in [0.4, 0.5) is 0 Å². The van der Waals surface area contributed by atoms with Gasteiger partial charge in [-0.25, -0.2) is 9.59 Å². The fourth-order valence-corrected chi connectivity index (χ4v) is 0.666. The Labute approximate surface area is 106 Å². The average Bonchev–Trinajstić information content (AvgIpc) is 2.12. The third-order valence-corrected chi connectivity index (χ3v) is 1.50. The van der Waals surface area contributed by atoms with Crippen LogP contribution < -0.4 is 0 Å². The van der Waals surface area contributed by atoms with Crippen LogP contribution in [0.15, 0.2) is 0 Å². The van der Waals surface area contributed by atoms with Gasteiger partial charge in [0.1, 0.15) is 12.2 Å². The SMILES string of the molecule is O=C(O)[C@@H](O)[C@H](O)[C@H](O)[C@@H](O)C(=O)O.[NaH]. The van der Waals surface area contributed by atoms with E-state index in [2.05, 4.69) is 0 Å². The Hall–Kier alpha value is -0.220. The second-order valence-electron chi connectivity index (χ2n) is 2.55. The molecule has 15 heavy (non-hydrogen) atoms. The molecule has 0 aromatic carbocycles. The van der Waals surface area contributed by atoms with Crippen LogP contribution in [0, 0.1) is 0 Å². The number of carboxylic acids is 2. The molecule has 0 spiro atoms. The summed E-state index contributed by atoms with van der Waals surface area (Å²) < 4.78 is 0. The predicted octanol–water partition coefficient (Wildman–Crippen LogP) is -4.05. The van der Waals surface area contributed by atoms with Gasteiger partial charge in [0, 0.05) is 0 Å². The molecule has 9 heteroatoms. The van der Waals surface area contributed by atoms with Gasteiger partial charge in [-0.1, -0.05) is 0 Å². The second-order valence-corrected chi connectivity index (χ2v) is 2.55. The monoisotopic (exact) mass is 234 g/mol. The van der Waals surface area contributed by atoms with Gasteiger partial charge in [0.25, 0.3) is 0 Å². The average molecular weight is 234 g/mol. The Kier molecular flexibility index (Phi) is 8.16. The van der Waals surface area contributed by atoms with Crippen molar-refractivity contribution in [3.05, 3.63) is 0 Å². The first-order valence-electron chi connectivity index (χ1n) is 3.47. The van der Waals surface area contributed by atoms with Gasteiger partial charge in [-0.2, -0.15) is 0 Å². The van der Waals surface area contributed by atoms with E-state index in [9.17, 15) is 9.59 Å². The summed E-state index contributed by atoms with van der Waals surface area (Å²) in [7, 11) is 0. The summed E-state index contributed by atoms with van der Waals surface area (Å²) in [6.45, 7) is 0. The predicted molar refractivity (Wildman–Crippen MR) is 46.4 cm³/mol. The molecule has 0 aromatic rings. The third-order valence-electron chi connectivity index (χ3n) is 1.50. The van der Waals surface area contributed by atoms with Crippen molar-refractivity contribution in [3.8, 4) is 0 Å². The van der Waals surface area contributed by atoms with Gasteiger partial charge in [0.05, 0.1) is 0 Å².